The third-order valence-electron chi connectivity index (χ3n) is 4.45. The predicted octanol–water partition coefficient (Wildman–Crippen LogP) is 1.70. The molecule has 24 heavy (non-hydrogen) atoms. The molecule has 6 nitrogen and oxygen atoms in total. The number of primary amides is 1. The van der Waals surface area contributed by atoms with Gasteiger partial charge in [-0.1, -0.05) is 17.7 Å². The maximum atomic E-state index is 12.7. The third-order valence-corrected chi connectivity index (χ3v) is 4.45. The molecule has 126 valence electrons. The van der Waals surface area contributed by atoms with Crippen LogP contribution in [0.5, 0.6) is 0 Å². The molecule has 1 saturated heterocycles. The quantitative estimate of drug-likeness (QED) is 0.928. The number of nitrogens with two attached hydrogens (primary N) is 1. The first kappa shape index (κ1) is 16.2. The van der Waals surface area contributed by atoms with E-state index in [0.717, 1.165) is 30.8 Å². The highest BCUT2D eigenvalue weighted by Crippen LogP contribution is 2.26. The summed E-state index contributed by atoms with van der Waals surface area (Å²) in [5.74, 6) is 0.614. The molecular weight excluding hydrogens is 304 g/mol. The van der Waals surface area contributed by atoms with E-state index in [2.05, 4.69) is 4.98 Å². The van der Waals surface area contributed by atoms with E-state index in [-0.39, 0.29) is 18.4 Å². The minimum absolute atomic E-state index is 0.0488. The van der Waals surface area contributed by atoms with Gasteiger partial charge in [-0.25, -0.2) is 4.98 Å². The number of hydrogen-bond donors (Lipinski definition) is 1. The van der Waals surface area contributed by atoms with E-state index < -0.39 is 5.91 Å². The first-order valence-electron chi connectivity index (χ1n) is 8.20. The fourth-order valence-electron chi connectivity index (χ4n) is 3.23. The fourth-order valence-corrected chi connectivity index (χ4v) is 3.23. The molecule has 1 fully saturated rings. The summed E-state index contributed by atoms with van der Waals surface area (Å²) < 4.78 is 1.78. The number of aromatic nitrogens is 2. The van der Waals surface area contributed by atoms with E-state index in [1.807, 2.05) is 36.1 Å². The lowest BCUT2D eigenvalue weighted by molar-refractivity contribution is -0.118. The average molecular weight is 326 g/mol. The Hall–Kier alpha value is -2.63. The Morgan fingerprint density at radius 1 is 1.29 bits per heavy atom. The van der Waals surface area contributed by atoms with Crippen molar-refractivity contribution in [3.05, 3.63) is 53.6 Å². The first-order valence-corrected chi connectivity index (χ1v) is 8.20. The zero-order chi connectivity index (χ0) is 17.1. The van der Waals surface area contributed by atoms with Crippen molar-refractivity contribution in [1.29, 1.82) is 0 Å². The van der Waals surface area contributed by atoms with Crippen LogP contribution in [0.1, 0.15) is 40.5 Å². The van der Waals surface area contributed by atoms with Gasteiger partial charge in [0.1, 0.15) is 12.4 Å². The third kappa shape index (κ3) is 3.48. The average Bonchev–Trinajstić information content (AvgIpc) is 3.02. The van der Waals surface area contributed by atoms with Crippen LogP contribution in [0.25, 0.3) is 0 Å². The van der Waals surface area contributed by atoms with Crippen LogP contribution in [-0.4, -0.2) is 39.4 Å². The topological polar surface area (TPSA) is 81.2 Å². The predicted molar refractivity (Wildman–Crippen MR) is 90.5 cm³/mol. The molecule has 0 unspecified atom stereocenters. The molecule has 1 aliphatic heterocycles. The Balaban J connectivity index is 1.75. The monoisotopic (exact) mass is 326 g/mol. The van der Waals surface area contributed by atoms with E-state index in [4.69, 9.17) is 5.73 Å². The van der Waals surface area contributed by atoms with Crippen LogP contribution in [-0.2, 0) is 11.3 Å². The lowest BCUT2D eigenvalue weighted by atomic mass is 9.96. The number of piperidine rings is 1. The van der Waals surface area contributed by atoms with Gasteiger partial charge in [-0.05, 0) is 31.9 Å². The summed E-state index contributed by atoms with van der Waals surface area (Å²) in [6.07, 6.45) is 5.32. The van der Waals surface area contributed by atoms with Gasteiger partial charge < -0.3 is 15.2 Å². The van der Waals surface area contributed by atoms with Crippen LogP contribution in [0, 0.1) is 6.92 Å². The van der Waals surface area contributed by atoms with Crippen molar-refractivity contribution in [2.75, 3.05) is 13.1 Å². The van der Waals surface area contributed by atoms with Crippen molar-refractivity contribution in [1.82, 2.24) is 14.5 Å². The molecule has 2 aromatic rings. The summed E-state index contributed by atoms with van der Waals surface area (Å²) >= 11 is 0. The highest BCUT2D eigenvalue weighted by Gasteiger charge is 2.28. The molecule has 6 heteroatoms. The Labute approximate surface area is 141 Å². The van der Waals surface area contributed by atoms with Gasteiger partial charge in [0.05, 0.1) is 0 Å². The number of hydrogen-bond acceptors (Lipinski definition) is 3. The maximum Gasteiger partial charge on any atom is 0.253 e. The molecule has 3 rings (SSSR count). The number of amides is 2. The van der Waals surface area contributed by atoms with Crippen LogP contribution >= 0.6 is 0 Å². The summed E-state index contributed by atoms with van der Waals surface area (Å²) in [6.45, 7) is 3.49. The van der Waals surface area contributed by atoms with Crippen molar-refractivity contribution < 1.29 is 9.59 Å². The molecule has 0 saturated carbocycles. The number of aryl methyl sites for hydroxylation is 1. The summed E-state index contributed by atoms with van der Waals surface area (Å²) in [6, 6.07) is 7.65. The van der Waals surface area contributed by atoms with E-state index in [9.17, 15) is 9.59 Å². The first-order chi connectivity index (χ1) is 11.5. The van der Waals surface area contributed by atoms with Gasteiger partial charge in [0.15, 0.2) is 0 Å². The van der Waals surface area contributed by atoms with E-state index >= 15 is 0 Å². The molecule has 2 N–H and O–H groups in total. The van der Waals surface area contributed by atoms with Crippen molar-refractivity contribution in [2.24, 2.45) is 5.73 Å². The van der Waals surface area contributed by atoms with Gasteiger partial charge in [-0.15, -0.1) is 0 Å². The van der Waals surface area contributed by atoms with E-state index in [0.29, 0.717) is 12.1 Å². The SMILES string of the molecule is Cc1ccc(C(=O)N2CCC[C@@H](c3nccn3CC(N)=O)C2)cc1. The lowest BCUT2D eigenvalue weighted by Gasteiger charge is -2.32. The van der Waals surface area contributed by atoms with Crippen LogP contribution in [0.4, 0.5) is 0 Å². The maximum absolute atomic E-state index is 12.7. The second kappa shape index (κ2) is 6.86. The second-order valence-corrected chi connectivity index (χ2v) is 6.34. The Morgan fingerprint density at radius 2 is 2.04 bits per heavy atom. The zero-order valence-corrected chi connectivity index (χ0v) is 13.8. The molecule has 1 aliphatic rings. The van der Waals surface area contributed by atoms with Crippen molar-refractivity contribution in [3.8, 4) is 0 Å². The van der Waals surface area contributed by atoms with Gasteiger partial charge >= 0.3 is 0 Å². The standard InChI is InChI=1S/C18H22N4O2/c1-13-4-6-14(7-5-13)18(24)22-9-2-3-15(11-22)17-20-8-10-21(17)12-16(19)23/h4-8,10,15H,2-3,9,11-12H2,1H3,(H2,19,23)/t15-/m1/s1. The summed E-state index contributed by atoms with van der Waals surface area (Å²) in [5.41, 5.74) is 7.14. The summed E-state index contributed by atoms with van der Waals surface area (Å²) in [7, 11) is 0. The zero-order valence-electron chi connectivity index (χ0n) is 13.8. The number of likely N-dealkylation sites (tertiary alicyclic amines) is 1. The minimum atomic E-state index is -0.391. The van der Waals surface area contributed by atoms with Crippen LogP contribution < -0.4 is 5.73 Å². The molecule has 0 radical (unpaired) electrons. The molecule has 1 aromatic heterocycles. The lowest BCUT2D eigenvalue weighted by Crippen LogP contribution is -2.40. The normalized spacial score (nSPS) is 17.7. The summed E-state index contributed by atoms with van der Waals surface area (Å²) in [5, 5.41) is 0. The molecule has 1 aromatic carbocycles. The van der Waals surface area contributed by atoms with Gasteiger partial charge in [0, 0.05) is 37.0 Å². The highest BCUT2D eigenvalue weighted by atomic mass is 16.2. The number of carbonyl (C=O) groups is 2. The molecular formula is C18H22N4O2. The molecule has 2 amide bonds. The number of imidazole rings is 1. The van der Waals surface area contributed by atoms with E-state index in [1.54, 1.807) is 17.0 Å². The van der Waals surface area contributed by atoms with Gasteiger partial charge in [0.25, 0.3) is 5.91 Å². The van der Waals surface area contributed by atoms with Gasteiger partial charge in [-0.2, -0.15) is 0 Å². The molecule has 0 bridgehead atoms. The smallest absolute Gasteiger partial charge is 0.253 e. The molecule has 2 heterocycles. The largest absolute Gasteiger partial charge is 0.368 e. The molecule has 0 aliphatic carbocycles. The van der Waals surface area contributed by atoms with Crippen molar-refractivity contribution in [2.45, 2.75) is 32.2 Å². The summed E-state index contributed by atoms with van der Waals surface area (Å²) in [4.78, 5) is 30.2. The number of benzene rings is 1. The Morgan fingerprint density at radius 3 is 2.75 bits per heavy atom. The number of nitrogens with zero attached hydrogens (tertiary/aromatic N) is 3. The van der Waals surface area contributed by atoms with Crippen LogP contribution in [0.2, 0.25) is 0 Å². The van der Waals surface area contributed by atoms with E-state index in [1.165, 1.54) is 0 Å². The Bertz CT molecular complexity index is 736. The molecule has 1 atom stereocenters. The van der Waals surface area contributed by atoms with Crippen LogP contribution in [0.3, 0.4) is 0 Å². The minimum Gasteiger partial charge on any atom is -0.368 e. The van der Waals surface area contributed by atoms with Crippen molar-refractivity contribution >= 4 is 11.8 Å². The Kier molecular flexibility index (Phi) is 4.64. The van der Waals surface area contributed by atoms with Gasteiger partial charge in [-0.3, -0.25) is 9.59 Å². The molecule has 0 spiro atoms. The second-order valence-electron chi connectivity index (χ2n) is 6.34. The van der Waals surface area contributed by atoms with Crippen molar-refractivity contribution in [3.63, 3.8) is 0 Å². The highest BCUT2D eigenvalue weighted by molar-refractivity contribution is 5.94. The fraction of sp³-hybridized carbons (Fsp3) is 0.389. The van der Waals surface area contributed by atoms with Gasteiger partial charge in [0.2, 0.25) is 5.91 Å². The van der Waals surface area contributed by atoms with Crippen LogP contribution in [0.15, 0.2) is 36.7 Å². The number of carbonyl (C=O) groups excluding carboxylic acids is 2. The number of rotatable bonds is 4.